The molecule has 1 amide bonds. The summed E-state index contributed by atoms with van der Waals surface area (Å²) >= 11 is 2.30. The highest BCUT2D eigenvalue weighted by atomic mass is 127. The Balaban J connectivity index is 1.62. The molecule has 4 nitrogen and oxygen atoms in total. The van der Waals surface area contributed by atoms with Crippen LogP contribution in [0.2, 0.25) is 0 Å². The van der Waals surface area contributed by atoms with Crippen molar-refractivity contribution in [2.75, 3.05) is 7.11 Å². The molecule has 5 atom stereocenters. The summed E-state index contributed by atoms with van der Waals surface area (Å²) in [4.78, 5) is 12.4. The molecule has 1 aromatic carbocycles. The number of rotatable bonds is 6. The van der Waals surface area contributed by atoms with Crippen molar-refractivity contribution in [3.05, 3.63) is 33.4 Å². The van der Waals surface area contributed by atoms with Gasteiger partial charge in [0.05, 0.1) is 0 Å². The summed E-state index contributed by atoms with van der Waals surface area (Å²) in [6.45, 7) is 2.03. The third-order valence-corrected chi connectivity index (χ3v) is 6.49. The van der Waals surface area contributed by atoms with Crippen molar-refractivity contribution in [3.8, 4) is 0 Å². The Kier molecular flexibility index (Phi) is 6.02. The predicted molar refractivity (Wildman–Crippen MR) is 102 cm³/mol. The van der Waals surface area contributed by atoms with Crippen LogP contribution in [0.5, 0.6) is 0 Å². The second kappa shape index (κ2) is 8.04. The van der Waals surface area contributed by atoms with Gasteiger partial charge in [-0.05, 0) is 71.7 Å². The van der Waals surface area contributed by atoms with Crippen LogP contribution in [0.3, 0.4) is 0 Å². The Morgan fingerprint density at radius 2 is 2.12 bits per heavy atom. The molecule has 0 heterocycles. The van der Waals surface area contributed by atoms with Crippen LogP contribution >= 0.6 is 22.6 Å². The topological polar surface area (TPSA) is 47.6 Å². The summed E-state index contributed by atoms with van der Waals surface area (Å²) < 4.78 is 12.6. The van der Waals surface area contributed by atoms with Gasteiger partial charge in [0.25, 0.3) is 0 Å². The quantitative estimate of drug-likeness (QED) is 0.650. The lowest BCUT2D eigenvalue weighted by Gasteiger charge is -2.28. The lowest BCUT2D eigenvalue weighted by Crippen LogP contribution is -2.41. The van der Waals surface area contributed by atoms with Crippen molar-refractivity contribution in [3.63, 3.8) is 0 Å². The van der Waals surface area contributed by atoms with E-state index in [0.29, 0.717) is 18.4 Å². The molecule has 0 aromatic heterocycles. The highest BCUT2D eigenvalue weighted by Gasteiger charge is 2.40. The van der Waals surface area contributed by atoms with Crippen LogP contribution in [-0.4, -0.2) is 25.3 Å². The number of carbonyl (C=O) groups excluding carboxylic acids is 1. The first kappa shape index (κ1) is 18.0. The van der Waals surface area contributed by atoms with Gasteiger partial charge in [-0.25, -0.2) is 4.79 Å². The van der Waals surface area contributed by atoms with Gasteiger partial charge in [0.15, 0.2) is 0 Å². The van der Waals surface area contributed by atoms with Gasteiger partial charge in [-0.2, -0.15) is 0 Å². The van der Waals surface area contributed by atoms with Gasteiger partial charge in [0.2, 0.25) is 0 Å². The lowest BCUT2D eigenvalue weighted by atomic mass is 9.96. The van der Waals surface area contributed by atoms with E-state index in [4.69, 9.17) is 9.47 Å². The zero-order valence-corrected chi connectivity index (χ0v) is 16.5. The van der Waals surface area contributed by atoms with E-state index in [1.165, 1.54) is 19.3 Å². The van der Waals surface area contributed by atoms with Crippen LogP contribution in [0.25, 0.3) is 0 Å². The Morgan fingerprint density at radius 1 is 1.33 bits per heavy atom. The van der Waals surface area contributed by atoms with E-state index in [0.717, 1.165) is 21.5 Å². The van der Waals surface area contributed by atoms with Gasteiger partial charge in [-0.15, -0.1) is 0 Å². The standard InChI is InChI=1S/C19H26INO3/c1-3-17(18(23-2)14-6-4-5-7-15(14)20)24-19(22)21-16-11-12-8-9-13(16)10-12/h4-7,12-13,16-18H,3,8-11H2,1-2H3,(H,21,22)/t12?,13?,16?,17-,18-/m0/s1. The summed E-state index contributed by atoms with van der Waals surface area (Å²) in [6.07, 6.45) is 4.84. The molecule has 2 bridgehead atoms. The first-order valence-corrected chi connectivity index (χ1v) is 9.94. The molecule has 1 N–H and O–H groups in total. The maximum Gasteiger partial charge on any atom is 0.407 e. The monoisotopic (exact) mass is 443 g/mol. The molecular formula is C19H26INO3. The Hall–Kier alpha value is -0.820. The Morgan fingerprint density at radius 3 is 2.71 bits per heavy atom. The van der Waals surface area contributed by atoms with Crippen molar-refractivity contribution in [2.45, 2.75) is 57.3 Å². The average Bonchev–Trinajstić information content (AvgIpc) is 3.19. The predicted octanol–water partition coefficient (Wildman–Crippen LogP) is 4.67. The van der Waals surface area contributed by atoms with Crippen molar-refractivity contribution in [1.82, 2.24) is 5.32 Å². The van der Waals surface area contributed by atoms with E-state index >= 15 is 0 Å². The SMILES string of the molecule is CC[C@H](OC(=O)NC1CC2CCC1C2)[C@@H](OC)c1ccccc1I. The molecule has 2 saturated carbocycles. The van der Waals surface area contributed by atoms with E-state index < -0.39 is 0 Å². The third kappa shape index (κ3) is 3.87. The number of halogens is 1. The molecule has 2 aliphatic carbocycles. The molecule has 132 valence electrons. The fourth-order valence-electron chi connectivity index (χ4n) is 4.29. The smallest absolute Gasteiger partial charge is 0.407 e. The number of amides is 1. The maximum absolute atomic E-state index is 12.4. The van der Waals surface area contributed by atoms with Crippen molar-refractivity contribution in [2.24, 2.45) is 11.8 Å². The van der Waals surface area contributed by atoms with Crippen molar-refractivity contribution >= 4 is 28.7 Å². The fourth-order valence-corrected chi connectivity index (χ4v) is 4.98. The zero-order chi connectivity index (χ0) is 17.1. The van der Waals surface area contributed by atoms with Gasteiger partial charge < -0.3 is 14.8 Å². The zero-order valence-electron chi connectivity index (χ0n) is 14.3. The molecule has 2 aliphatic rings. The van der Waals surface area contributed by atoms with Crippen LogP contribution in [0.4, 0.5) is 4.79 Å². The van der Waals surface area contributed by atoms with Gasteiger partial charge >= 0.3 is 6.09 Å². The molecular weight excluding hydrogens is 417 g/mol. The molecule has 3 rings (SSSR count). The Labute approximate surface area is 157 Å². The number of nitrogens with one attached hydrogen (secondary N) is 1. The third-order valence-electron chi connectivity index (χ3n) is 5.51. The van der Waals surface area contributed by atoms with Crippen LogP contribution in [0.15, 0.2) is 24.3 Å². The van der Waals surface area contributed by atoms with Gasteiger partial charge in [-0.1, -0.05) is 31.5 Å². The van der Waals surface area contributed by atoms with E-state index in [9.17, 15) is 4.79 Å². The van der Waals surface area contributed by atoms with Crippen LogP contribution in [0.1, 0.15) is 50.7 Å². The molecule has 3 unspecified atom stereocenters. The van der Waals surface area contributed by atoms with Crippen molar-refractivity contribution in [1.29, 1.82) is 0 Å². The van der Waals surface area contributed by atoms with E-state index in [1.807, 2.05) is 31.2 Å². The highest BCUT2D eigenvalue weighted by Crippen LogP contribution is 2.44. The van der Waals surface area contributed by atoms with E-state index in [-0.39, 0.29) is 18.3 Å². The summed E-state index contributed by atoms with van der Waals surface area (Å²) in [5, 5.41) is 3.10. The summed E-state index contributed by atoms with van der Waals surface area (Å²) in [7, 11) is 1.67. The van der Waals surface area contributed by atoms with Crippen LogP contribution < -0.4 is 5.32 Å². The number of alkyl carbamates (subject to hydrolysis) is 1. The van der Waals surface area contributed by atoms with E-state index in [1.54, 1.807) is 7.11 Å². The van der Waals surface area contributed by atoms with Crippen LogP contribution in [-0.2, 0) is 9.47 Å². The maximum atomic E-state index is 12.4. The molecule has 1 aromatic rings. The molecule has 24 heavy (non-hydrogen) atoms. The fraction of sp³-hybridized carbons (Fsp3) is 0.632. The first-order chi connectivity index (χ1) is 11.6. The lowest BCUT2D eigenvalue weighted by molar-refractivity contribution is -0.0269. The molecule has 5 heteroatoms. The largest absolute Gasteiger partial charge is 0.443 e. The number of hydrogen-bond acceptors (Lipinski definition) is 3. The number of ether oxygens (including phenoxy) is 2. The number of benzene rings is 1. The van der Waals surface area contributed by atoms with Gasteiger partial charge in [0, 0.05) is 16.7 Å². The van der Waals surface area contributed by atoms with Gasteiger partial charge in [-0.3, -0.25) is 0 Å². The second-order valence-corrected chi connectivity index (χ2v) is 8.12. The van der Waals surface area contributed by atoms with Crippen LogP contribution in [0, 0.1) is 15.4 Å². The minimum atomic E-state index is -0.299. The number of hydrogen-bond donors (Lipinski definition) is 1. The first-order valence-electron chi connectivity index (χ1n) is 8.86. The molecule has 0 saturated heterocycles. The molecule has 2 fully saturated rings. The molecule has 0 spiro atoms. The minimum absolute atomic E-state index is 0.242. The molecule has 0 radical (unpaired) electrons. The summed E-state index contributed by atoms with van der Waals surface area (Å²) in [6, 6.07) is 8.37. The summed E-state index contributed by atoms with van der Waals surface area (Å²) in [5.41, 5.74) is 1.07. The average molecular weight is 443 g/mol. The van der Waals surface area contributed by atoms with Gasteiger partial charge in [0.1, 0.15) is 12.2 Å². The summed E-state index contributed by atoms with van der Waals surface area (Å²) in [5.74, 6) is 1.45. The highest BCUT2D eigenvalue weighted by molar-refractivity contribution is 14.1. The Bertz CT molecular complexity index is 579. The number of methoxy groups -OCH3 is 1. The number of carbonyl (C=O) groups is 1. The van der Waals surface area contributed by atoms with E-state index in [2.05, 4.69) is 27.9 Å². The second-order valence-electron chi connectivity index (χ2n) is 6.96. The minimum Gasteiger partial charge on any atom is -0.443 e. The van der Waals surface area contributed by atoms with Crippen molar-refractivity contribution < 1.29 is 14.3 Å². The molecule has 0 aliphatic heterocycles. The number of fused-ring (bicyclic) bond motifs is 2. The normalized spacial score (nSPS) is 27.7.